The zero-order chi connectivity index (χ0) is 23.0. The van der Waals surface area contributed by atoms with Gasteiger partial charge in [0, 0.05) is 24.6 Å². The Morgan fingerprint density at radius 3 is 2.55 bits per heavy atom. The van der Waals surface area contributed by atoms with Gasteiger partial charge in [-0.25, -0.2) is 19.7 Å². The molecule has 7 nitrogen and oxygen atoms in total. The van der Waals surface area contributed by atoms with Gasteiger partial charge in [-0.1, -0.05) is 36.4 Å². The van der Waals surface area contributed by atoms with Gasteiger partial charge in [0.15, 0.2) is 5.82 Å². The van der Waals surface area contributed by atoms with Gasteiger partial charge >= 0.3 is 6.09 Å². The smallest absolute Gasteiger partial charge is 0.411 e. The second-order valence-electron chi connectivity index (χ2n) is 9.08. The summed E-state index contributed by atoms with van der Waals surface area (Å²) in [6, 6.07) is 13.9. The van der Waals surface area contributed by atoms with Crippen molar-refractivity contribution in [2.24, 2.45) is 0 Å². The van der Waals surface area contributed by atoms with E-state index >= 15 is 0 Å². The van der Waals surface area contributed by atoms with Crippen molar-refractivity contribution in [2.45, 2.75) is 50.8 Å². The fraction of sp³-hybridized carbons (Fsp3) is 0.308. The number of cyclic esters (lactones) is 1. The molecule has 1 aliphatic heterocycles. The number of hydrogen-bond donors (Lipinski definition) is 1. The van der Waals surface area contributed by atoms with Crippen LogP contribution in [0.2, 0.25) is 0 Å². The molecule has 2 N–H and O–H groups in total. The van der Waals surface area contributed by atoms with E-state index in [-0.39, 0.29) is 18.2 Å². The second-order valence-corrected chi connectivity index (χ2v) is 9.08. The summed E-state index contributed by atoms with van der Waals surface area (Å²) in [7, 11) is 0. The van der Waals surface area contributed by atoms with Crippen molar-refractivity contribution in [1.29, 1.82) is 0 Å². The molecule has 7 heteroatoms. The van der Waals surface area contributed by atoms with Crippen LogP contribution in [0.25, 0.3) is 17.0 Å². The zero-order valence-electron chi connectivity index (χ0n) is 18.8. The maximum atomic E-state index is 12.9. The van der Waals surface area contributed by atoms with Crippen molar-refractivity contribution in [3.05, 3.63) is 78.3 Å². The van der Waals surface area contributed by atoms with Gasteiger partial charge in [-0.15, -0.1) is 0 Å². The normalized spacial score (nSPS) is 22.1. The summed E-state index contributed by atoms with van der Waals surface area (Å²) >= 11 is 0. The number of aromatic nitrogens is 3. The Morgan fingerprint density at radius 1 is 1.09 bits per heavy atom. The molecule has 3 heterocycles. The van der Waals surface area contributed by atoms with E-state index in [1.807, 2.05) is 43.0 Å². The van der Waals surface area contributed by atoms with Crippen molar-refractivity contribution in [3.63, 3.8) is 0 Å². The number of rotatable bonds is 4. The van der Waals surface area contributed by atoms with Crippen molar-refractivity contribution in [1.82, 2.24) is 19.9 Å². The highest BCUT2D eigenvalue weighted by molar-refractivity contribution is 5.76. The van der Waals surface area contributed by atoms with Gasteiger partial charge in [0.1, 0.15) is 11.4 Å². The Kier molecular flexibility index (Phi) is 5.32. The fourth-order valence-electron chi connectivity index (χ4n) is 4.93. The molecule has 0 radical (unpaired) electrons. The highest BCUT2D eigenvalue weighted by Gasteiger charge is 2.50. The first-order valence-electron chi connectivity index (χ1n) is 11.2. The summed E-state index contributed by atoms with van der Waals surface area (Å²) in [5, 5.41) is 0. The SMILES string of the molecule is CC1(C)OC(=O)N(C2CC=C(c3cnc(N)c(-c4ncccn4)c3)CC2)[C@H]1c1ccccc1. The zero-order valence-corrected chi connectivity index (χ0v) is 18.8. The number of carbonyl (C=O) groups is 1. The van der Waals surface area contributed by atoms with Crippen LogP contribution in [0.4, 0.5) is 10.6 Å². The Hall–Kier alpha value is -3.74. The molecule has 1 aromatic carbocycles. The molecule has 1 amide bonds. The third-order valence-corrected chi connectivity index (χ3v) is 6.49. The lowest BCUT2D eigenvalue weighted by atomic mass is 9.86. The fourth-order valence-corrected chi connectivity index (χ4v) is 4.93. The first kappa shape index (κ1) is 21.1. The van der Waals surface area contributed by atoms with E-state index in [0.29, 0.717) is 11.6 Å². The van der Waals surface area contributed by atoms with Crippen LogP contribution in [0.1, 0.15) is 50.3 Å². The first-order valence-corrected chi connectivity index (χ1v) is 11.2. The van der Waals surface area contributed by atoms with Gasteiger partial charge < -0.3 is 10.5 Å². The van der Waals surface area contributed by atoms with Gasteiger partial charge in [0.2, 0.25) is 0 Å². The topological polar surface area (TPSA) is 94.2 Å². The molecule has 168 valence electrons. The molecule has 1 saturated heterocycles. The van der Waals surface area contributed by atoms with Crippen molar-refractivity contribution in [2.75, 3.05) is 5.73 Å². The lowest BCUT2D eigenvalue weighted by molar-refractivity contribution is 0.0668. The molecule has 2 atom stereocenters. The summed E-state index contributed by atoms with van der Waals surface area (Å²) in [5.41, 5.74) is 9.53. The Bertz CT molecular complexity index is 1190. The number of hydrogen-bond acceptors (Lipinski definition) is 6. The van der Waals surface area contributed by atoms with Gasteiger partial charge in [-0.3, -0.25) is 4.90 Å². The maximum absolute atomic E-state index is 12.9. The number of carbonyl (C=O) groups excluding carboxylic acids is 1. The number of benzene rings is 1. The highest BCUT2D eigenvalue weighted by atomic mass is 16.6. The number of nitrogen functional groups attached to an aromatic ring is 1. The molecule has 0 spiro atoms. The maximum Gasteiger partial charge on any atom is 0.411 e. The summed E-state index contributed by atoms with van der Waals surface area (Å²) < 4.78 is 5.80. The van der Waals surface area contributed by atoms with Crippen molar-refractivity contribution >= 4 is 17.5 Å². The number of nitrogens with two attached hydrogens (primary N) is 1. The summed E-state index contributed by atoms with van der Waals surface area (Å²) in [6.45, 7) is 3.97. The summed E-state index contributed by atoms with van der Waals surface area (Å²) in [4.78, 5) is 27.9. The molecule has 2 aromatic heterocycles. The van der Waals surface area contributed by atoms with E-state index in [1.165, 1.54) is 5.57 Å². The Labute approximate surface area is 193 Å². The molecule has 5 rings (SSSR count). The monoisotopic (exact) mass is 441 g/mol. The largest absolute Gasteiger partial charge is 0.441 e. The number of pyridine rings is 1. The van der Waals surface area contributed by atoms with Crippen LogP contribution < -0.4 is 5.73 Å². The lowest BCUT2D eigenvalue weighted by Gasteiger charge is -2.36. The number of ether oxygens (including phenoxy) is 1. The molecule has 2 aliphatic rings. The highest BCUT2D eigenvalue weighted by Crippen LogP contribution is 2.45. The van der Waals surface area contributed by atoms with Gasteiger partial charge in [0.05, 0.1) is 11.6 Å². The average Bonchev–Trinajstić information content (AvgIpc) is 3.08. The van der Waals surface area contributed by atoms with Crippen molar-refractivity contribution < 1.29 is 9.53 Å². The van der Waals surface area contributed by atoms with Crippen molar-refractivity contribution in [3.8, 4) is 11.4 Å². The van der Waals surface area contributed by atoms with Crippen LogP contribution in [-0.4, -0.2) is 37.6 Å². The molecule has 1 fully saturated rings. The minimum Gasteiger partial charge on any atom is -0.441 e. The van der Waals surface area contributed by atoms with Gasteiger partial charge in [0.25, 0.3) is 0 Å². The van der Waals surface area contributed by atoms with Gasteiger partial charge in [-0.2, -0.15) is 0 Å². The number of nitrogens with zero attached hydrogens (tertiary/aromatic N) is 4. The Balaban J connectivity index is 1.41. The van der Waals surface area contributed by atoms with E-state index in [4.69, 9.17) is 10.5 Å². The van der Waals surface area contributed by atoms with E-state index in [2.05, 4.69) is 33.2 Å². The molecule has 33 heavy (non-hydrogen) atoms. The molecular weight excluding hydrogens is 414 g/mol. The number of amides is 1. The average molecular weight is 442 g/mol. The molecule has 3 aromatic rings. The second kappa shape index (κ2) is 8.31. The quantitative estimate of drug-likeness (QED) is 0.610. The van der Waals surface area contributed by atoms with Crippen LogP contribution >= 0.6 is 0 Å². The van der Waals surface area contributed by atoms with E-state index in [9.17, 15) is 4.79 Å². The Morgan fingerprint density at radius 2 is 1.85 bits per heavy atom. The molecule has 1 unspecified atom stereocenters. The van der Waals surface area contributed by atoms with E-state index in [1.54, 1.807) is 24.7 Å². The molecular formula is C26H27N5O2. The molecule has 0 saturated carbocycles. The van der Waals surface area contributed by atoms with Crippen LogP contribution in [0, 0.1) is 0 Å². The number of anilines is 1. The predicted octanol–water partition coefficient (Wildman–Crippen LogP) is 5.03. The standard InChI is InChI=1S/C26H27N5O2/c1-26(2)22(18-7-4-3-5-8-18)31(25(32)33-26)20-11-9-17(10-12-20)19-15-21(23(27)30-16-19)24-28-13-6-14-29-24/h3-9,13-16,20,22H,10-12H2,1-2H3,(H2,27,30)/t20?,22-/m0/s1. The summed E-state index contributed by atoms with van der Waals surface area (Å²) in [5.74, 6) is 0.971. The van der Waals surface area contributed by atoms with Crippen LogP contribution in [0.5, 0.6) is 0 Å². The predicted molar refractivity (Wildman–Crippen MR) is 127 cm³/mol. The molecule has 0 bridgehead atoms. The summed E-state index contributed by atoms with van der Waals surface area (Å²) in [6.07, 6.45) is 9.58. The van der Waals surface area contributed by atoms with Crippen LogP contribution in [-0.2, 0) is 4.74 Å². The first-order chi connectivity index (χ1) is 15.9. The van der Waals surface area contributed by atoms with Crippen LogP contribution in [0.15, 0.2) is 67.1 Å². The minimum absolute atomic E-state index is 0.0758. The number of allylic oxidation sites excluding steroid dienone is 1. The van der Waals surface area contributed by atoms with E-state index < -0.39 is 5.60 Å². The van der Waals surface area contributed by atoms with Crippen LogP contribution in [0.3, 0.4) is 0 Å². The van der Waals surface area contributed by atoms with E-state index in [0.717, 1.165) is 36.0 Å². The third kappa shape index (κ3) is 3.95. The third-order valence-electron chi connectivity index (χ3n) is 6.49. The van der Waals surface area contributed by atoms with Gasteiger partial charge in [-0.05, 0) is 61.9 Å². The minimum atomic E-state index is -0.589. The lowest BCUT2D eigenvalue weighted by Crippen LogP contribution is -2.41. The molecule has 1 aliphatic carbocycles.